The van der Waals surface area contributed by atoms with Gasteiger partial charge in [-0.1, -0.05) is 0 Å². The first-order valence-corrected chi connectivity index (χ1v) is 8.13. The number of fused-ring (bicyclic) bond motifs is 1. The van der Waals surface area contributed by atoms with Crippen molar-refractivity contribution < 1.29 is 4.74 Å². The normalized spacial score (nSPS) is 18.9. The second kappa shape index (κ2) is 6.04. The Labute approximate surface area is 135 Å². The van der Waals surface area contributed by atoms with Crippen molar-refractivity contribution in [3.8, 4) is 16.9 Å². The molecule has 0 aromatic carbocycles. The van der Waals surface area contributed by atoms with Crippen molar-refractivity contribution in [1.82, 2.24) is 24.7 Å². The molecular formula is C17H21N5O. The maximum atomic E-state index is 6.35. The molecular weight excluding hydrogens is 290 g/mol. The first-order valence-electron chi connectivity index (χ1n) is 8.13. The minimum atomic E-state index is 0.257. The van der Waals surface area contributed by atoms with Crippen molar-refractivity contribution in [3.63, 3.8) is 0 Å². The lowest BCUT2D eigenvalue weighted by Crippen LogP contribution is -2.19. The van der Waals surface area contributed by atoms with Crippen LogP contribution in [-0.2, 0) is 7.05 Å². The molecule has 0 radical (unpaired) electrons. The predicted molar refractivity (Wildman–Crippen MR) is 88.5 cm³/mol. The minimum Gasteiger partial charge on any atom is -0.488 e. The van der Waals surface area contributed by atoms with Crippen LogP contribution in [0, 0.1) is 0 Å². The van der Waals surface area contributed by atoms with Gasteiger partial charge in [-0.05, 0) is 44.5 Å². The third-order valence-electron chi connectivity index (χ3n) is 4.33. The Morgan fingerprint density at radius 1 is 1.17 bits per heavy atom. The van der Waals surface area contributed by atoms with E-state index in [4.69, 9.17) is 4.74 Å². The monoisotopic (exact) mass is 311 g/mol. The number of nitrogens with one attached hydrogen (secondary N) is 1. The molecule has 1 atom stereocenters. The Hall–Kier alpha value is -2.34. The van der Waals surface area contributed by atoms with Gasteiger partial charge in [0.2, 0.25) is 0 Å². The molecule has 0 saturated carbocycles. The summed E-state index contributed by atoms with van der Waals surface area (Å²) in [6.45, 7) is 2.10. The molecule has 1 aliphatic heterocycles. The SMILES string of the molecule is Cn1cc(-c2cc(O[C@@H]3CCCNCC3)c3ccnn3c2)cn1. The third-order valence-corrected chi connectivity index (χ3v) is 4.33. The largest absolute Gasteiger partial charge is 0.488 e. The maximum Gasteiger partial charge on any atom is 0.146 e. The standard InChI is InChI=1S/C17H21N5O/c1-21-11-14(10-20-21)13-9-17(16-5-8-19-22(16)12-13)23-15-3-2-6-18-7-4-15/h5,8-12,15,18H,2-4,6-7H2,1H3/t15-/m1/s1. The zero-order chi connectivity index (χ0) is 15.6. The summed E-state index contributed by atoms with van der Waals surface area (Å²) in [5.41, 5.74) is 3.14. The van der Waals surface area contributed by atoms with Crippen molar-refractivity contribution in [2.75, 3.05) is 13.1 Å². The predicted octanol–water partition coefficient (Wildman–Crippen LogP) is 2.26. The highest BCUT2D eigenvalue weighted by Gasteiger charge is 2.16. The van der Waals surface area contributed by atoms with Crippen molar-refractivity contribution in [2.24, 2.45) is 7.05 Å². The van der Waals surface area contributed by atoms with Crippen LogP contribution >= 0.6 is 0 Å². The van der Waals surface area contributed by atoms with E-state index < -0.39 is 0 Å². The highest BCUT2D eigenvalue weighted by molar-refractivity contribution is 5.70. The van der Waals surface area contributed by atoms with E-state index >= 15 is 0 Å². The molecule has 0 unspecified atom stereocenters. The maximum absolute atomic E-state index is 6.35. The summed E-state index contributed by atoms with van der Waals surface area (Å²) in [5, 5.41) is 12.1. The van der Waals surface area contributed by atoms with Gasteiger partial charge in [0.15, 0.2) is 0 Å². The molecule has 0 aliphatic carbocycles. The van der Waals surface area contributed by atoms with Crippen LogP contribution in [0.2, 0.25) is 0 Å². The molecule has 6 nitrogen and oxygen atoms in total. The van der Waals surface area contributed by atoms with E-state index in [2.05, 4.69) is 21.6 Å². The molecule has 6 heteroatoms. The lowest BCUT2D eigenvalue weighted by atomic mass is 10.1. The topological polar surface area (TPSA) is 56.4 Å². The molecule has 1 saturated heterocycles. The zero-order valence-electron chi connectivity index (χ0n) is 13.3. The van der Waals surface area contributed by atoms with E-state index in [1.54, 1.807) is 4.68 Å². The van der Waals surface area contributed by atoms with Gasteiger partial charge in [0.1, 0.15) is 17.4 Å². The molecule has 1 N–H and O–H groups in total. The van der Waals surface area contributed by atoms with E-state index in [9.17, 15) is 0 Å². The molecule has 3 aromatic rings. The number of aryl methyl sites for hydroxylation is 1. The van der Waals surface area contributed by atoms with Gasteiger partial charge in [-0.3, -0.25) is 4.68 Å². The summed E-state index contributed by atoms with van der Waals surface area (Å²) >= 11 is 0. The van der Waals surface area contributed by atoms with Gasteiger partial charge < -0.3 is 10.1 Å². The highest BCUT2D eigenvalue weighted by Crippen LogP contribution is 2.29. The molecule has 1 fully saturated rings. The molecule has 1 aliphatic rings. The number of pyridine rings is 1. The summed E-state index contributed by atoms with van der Waals surface area (Å²) in [6.07, 6.45) is 11.2. The fraction of sp³-hybridized carbons (Fsp3) is 0.412. The Morgan fingerprint density at radius 2 is 2.13 bits per heavy atom. The van der Waals surface area contributed by atoms with Crippen molar-refractivity contribution in [2.45, 2.75) is 25.4 Å². The van der Waals surface area contributed by atoms with E-state index in [0.717, 1.165) is 54.7 Å². The van der Waals surface area contributed by atoms with E-state index in [1.165, 1.54) is 0 Å². The molecule has 4 heterocycles. The summed E-state index contributed by atoms with van der Waals surface area (Å²) in [5.74, 6) is 0.899. The number of ether oxygens (including phenoxy) is 1. The van der Waals surface area contributed by atoms with Crippen molar-refractivity contribution in [3.05, 3.63) is 36.9 Å². The lowest BCUT2D eigenvalue weighted by molar-refractivity contribution is 0.189. The van der Waals surface area contributed by atoms with Crippen molar-refractivity contribution >= 4 is 5.52 Å². The lowest BCUT2D eigenvalue weighted by Gasteiger charge is -2.18. The molecule has 23 heavy (non-hydrogen) atoms. The first-order chi connectivity index (χ1) is 11.3. The third kappa shape index (κ3) is 2.94. The zero-order valence-corrected chi connectivity index (χ0v) is 13.3. The van der Waals surface area contributed by atoms with E-state index in [-0.39, 0.29) is 6.10 Å². The fourth-order valence-corrected chi connectivity index (χ4v) is 3.10. The van der Waals surface area contributed by atoms with Crippen LogP contribution in [0.4, 0.5) is 0 Å². The molecule has 0 spiro atoms. The second-order valence-corrected chi connectivity index (χ2v) is 6.08. The van der Waals surface area contributed by atoms with Gasteiger partial charge in [-0.2, -0.15) is 10.2 Å². The Morgan fingerprint density at radius 3 is 3.00 bits per heavy atom. The van der Waals surface area contributed by atoms with Gasteiger partial charge >= 0.3 is 0 Å². The first kappa shape index (κ1) is 14.3. The summed E-state index contributed by atoms with van der Waals surface area (Å²) in [6, 6.07) is 4.10. The van der Waals surface area contributed by atoms with Crippen LogP contribution in [0.25, 0.3) is 16.6 Å². The summed E-state index contributed by atoms with van der Waals surface area (Å²) < 4.78 is 10.0. The minimum absolute atomic E-state index is 0.257. The van der Waals surface area contributed by atoms with Gasteiger partial charge in [0, 0.05) is 30.6 Å². The van der Waals surface area contributed by atoms with Gasteiger partial charge in [-0.25, -0.2) is 4.52 Å². The number of hydrogen-bond donors (Lipinski definition) is 1. The van der Waals surface area contributed by atoms with Crippen LogP contribution in [0.5, 0.6) is 5.75 Å². The van der Waals surface area contributed by atoms with Gasteiger partial charge in [0.25, 0.3) is 0 Å². The number of hydrogen-bond acceptors (Lipinski definition) is 4. The average Bonchev–Trinajstić information content (AvgIpc) is 3.11. The second-order valence-electron chi connectivity index (χ2n) is 6.08. The Balaban J connectivity index is 1.70. The van der Waals surface area contributed by atoms with Crippen LogP contribution in [0.15, 0.2) is 36.9 Å². The fourth-order valence-electron chi connectivity index (χ4n) is 3.10. The van der Waals surface area contributed by atoms with Crippen LogP contribution in [-0.4, -0.2) is 38.6 Å². The Bertz CT molecular complexity index is 798. The molecule has 0 amide bonds. The quantitative estimate of drug-likeness (QED) is 0.806. The van der Waals surface area contributed by atoms with Crippen LogP contribution in [0.3, 0.4) is 0 Å². The van der Waals surface area contributed by atoms with Gasteiger partial charge in [-0.15, -0.1) is 0 Å². The molecule has 4 rings (SSSR count). The van der Waals surface area contributed by atoms with Crippen molar-refractivity contribution in [1.29, 1.82) is 0 Å². The molecule has 3 aromatic heterocycles. The van der Waals surface area contributed by atoms with E-state index in [1.807, 2.05) is 42.4 Å². The summed E-state index contributed by atoms with van der Waals surface area (Å²) in [4.78, 5) is 0. The number of nitrogens with zero attached hydrogens (tertiary/aromatic N) is 4. The molecule has 0 bridgehead atoms. The number of aromatic nitrogens is 4. The highest BCUT2D eigenvalue weighted by atomic mass is 16.5. The number of rotatable bonds is 3. The summed E-state index contributed by atoms with van der Waals surface area (Å²) in [7, 11) is 1.92. The smallest absolute Gasteiger partial charge is 0.146 e. The van der Waals surface area contributed by atoms with Gasteiger partial charge in [0.05, 0.1) is 12.4 Å². The Kier molecular flexibility index (Phi) is 3.75. The van der Waals surface area contributed by atoms with E-state index in [0.29, 0.717) is 0 Å². The average molecular weight is 311 g/mol. The van der Waals surface area contributed by atoms with Crippen LogP contribution < -0.4 is 10.1 Å². The van der Waals surface area contributed by atoms with Crippen LogP contribution in [0.1, 0.15) is 19.3 Å². The molecule has 120 valence electrons.